The topological polar surface area (TPSA) is 99.9 Å². The number of hydrogen-bond acceptors (Lipinski definition) is 6. The minimum atomic E-state index is 0.172. The molecule has 3 heterocycles. The quantitative estimate of drug-likeness (QED) is 0.656. The standard InChI is InChI=1S/C20H23N5O2/c26-9-20-5-11-3-12(6-20)16(13(4-11)7-20)24-17-14-1-2-21-18(14)22-8-15(17)19-25-23-10-27-19/h1-2,8,10-13,16,26H,3-7,9H2,(H2,21,22,24)/t11?,12-,13+,16-,20-. The number of anilines is 1. The molecule has 4 bridgehead atoms. The molecular formula is C20H23N5O2. The van der Waals surface area contributed by atoms with E-state index in [0.29, 0.717) is 30.4 Å². The highest BCUT2D eigenvalue weighted by atomic mass is 16.4. The zero-order valence-electron chi connectivity index (χ0n) is 15.1. The van der Waals surface area contributed by atoms with Crippen molar-refractivity contribution < 1.29 is 9.52 Å². The summed E-state index contributed by atoms with van der Waals surface area (Å²) >= 11 is 0. The molecule has 0 radical (unpaired) electrons. The smallest absolute Gasteiger partial charge is 0.251 e. The van der Waals surface area contributed by atoms with Crippen molar-refractivity contribution in [1.82, 2.24) is 20.2 Å². The molecule has 3 aromatic heterocycles. The summed E-state index contributed by atoms with van der Waals surface area (Å²) in [7, 11) is 0. The van der Waals surface area contributed by atoms with Gasteiger partial charge in [0.1, 0.15) is 5.65 Å². The van der Waals surface area contributed by atoms with Crippen LogP contribution in [0, 0.1) is 23.2 Å². The predicted molar refractivity (Wildman–Crippen MR) is 99.9 cm³/mol. The Labute approximate surface area is 156 Å². The first-order valence-electron chi connectivity index (χ1n) is 9.85. The van der Waals surface area contributed by atoms with E-state index < -0.39 is 0 Å². The lowest BCUT2D eigenvalue weighted by atomic mass is 9.48. The number of aliphatic hydroxyl groups excluding tert-OH is 1. The molecule has 0 spiro atoms. The van der Waals surface area contributed by atoms with Crippen molar-refractivity contribution in [3.05, 3.63) is 24.9 Å². The molecule has 0 saturated heterocycles. The van der Waals surface area contributed by atoms with Gasteiger partial charge >= 0.3 is 0 Å². The Morgan fingerprint density at radius 3 is 2.85 bits per heavy atom. The summed E-state index contributed by atoms with van der Waals surface area (Å²) in [4.78, 5) is 7.71. The molecule has 3 aromatic rings. The van der Waals surface area contributed by atoms with Crippen LogP contribution in [0.2, 0.25) is 0 Å². The van der Waals surface area contributed by atoms with Crippen LogP contribution in [0.4, 0.5) is 5.69 Å². The fraction of sp³-hybridized carbons (Fsp3) is 0.550. The van der Waals surface area contributed by atoms with Crippen LogP contribution in [0.15, 0.2) is 29.3 Å². The van der Waals surface area contributed by atoms with Crippen molar-refractivity contribution >= 4 is 16.7 Å². The van der Waals surface area contributed by atoms with E-state index in [9.17, 15) is 5.11 Å². The monoisotopic (exact) mass is 365 g/mol. The van der Waals surface area contributed by atoms with Gasteiger partial charge in [0, 0.05) is 30.4 Å². The maximum atomic E-state index is 10.0. The third kappa shape index (κ3) is 2.27. The Morgan fingerprint density at radius 2 is 2.11 bits per heavy atom. The molecule has 1 unspecified atom stereocenters. The first-order chi connectivity index (χ1) is 13.2. The number of fused-ring (bicyclic) bond motifs is 1. The van der Waals surface area contributed by atoms with Crippen LogP contribution in [-0.2, 0) is 0 Å². The average molecular weight is 365 g/mol. The zero-order valence-corrected chi connectivity index (χ0v) is 15.1. The van der Waals surface area contributed by atoms with Gasteiger partial charge < -0.3 is 19.8 Å². The SMILES string of the molecule is OC[C@]12CC3C[C@H](C1)[C@@H](Nc1c(-c4nnco4)cnc4[nH]ccc14)[C@@H](C3)C2. The number of nitrogens with zero attached hydrogens (tertiary/aromatic N) is 3. The predicted octanol–water partition coefficient (Wildman–Crippen LogP) is 3.21. The molecule has 4 aliphatic carbocycles. The van der Waals surface area contributed by atoms with Crippen LogP contribution in [-0.4, -0.2) is 37.9 Å². The summed E-state index contributed by atoms with van der Waals surface area (Å²) in [6.07, 6.45) is 11.1. The molecule has 4 aliphatic rings. The first-order valence-corrected chi connectivity index (χ1v) is 9.85. The van der Waals surface area contributed by atoms with Crippen LogP contribution in [0.25, 0.3) is 22.5 Å². The summed E-state index contributed by atoms with van der Waals surface area (Å²) in [5, 5.41) is 22.9. The number of hydrogen-bond donors (Lipinski definition) is 3. The van der Waals surface area contributed by atoms with Crippen LogP contribution < -0.4 is 5.32 Å². The van der Waals surface area contributed by atoms with E-state index in [2.05, 4.69) is 31.5 Å². The average Bonchev–Trinajstić information content (AvgIpc) is 3.35. The van der Waals surface area contributed by atoms with E-state index in [1.165, 1.54) is 25.7 Å². The number of pyridine rings is 1. The Kier molecular flexibility index (Phi) is 3.21. The van der Waals surface area contributed by atoms with Gasteiger partial charge in [-0.2, -0.15) is 0 Å². The normalized spacial score (nSPS) is 34.4. The molecule has 7 rings (SSSR count). The molecule has 7 nitrogen and oxygen atoms in total. The highest BCUT2D eigenvalue weighted by Gasteiger charge is 2.55. The number of aromatic amines is 1. The van der Waals surface area contributed by atoms with Crippen LogP contribution >= 0.6 is 0 Å². The van der Waals surface area contributed by atoms with Crippen molar-refractivity contribution in [1.29, 1.82) is 0 Å². The number of H-pyrrole nitrogens is 1. The minimum Gasteiger partial charge on any atom is -0.423 e. The molecule has 140 valence electrons. The third-order valence-corrected chi connectivity index (χ3v) is 7.22. The van der Waals surface area contributed by atoms with Crippen molar-refractivity contribution in [3.63, 3.8) is 0 Å². The van der Waals surface area contributed by atoms with Crippen molar-refractivity contribution in [2.75, 3.05) is 11.9 Å². The van der Waals surface area contributed by atoms with E-state index >= 15 is 0 Å². The Morgan fingerprint density at radius 1 is 1.26 bits per heavy atom. The lowest BCUT2D eigenvalue weighted by Gasteiger charge is -2.60. The van der Waals surface area contributed by atoms with Crippen molar-refractivity contribution in [2.24, 2.45) is 23.2 Å². The van der Waals surface area contributed by atoms with E-state index in [-0.39, 0.29) is 5.41 Å². The summed E-state index contributed by atoms with van der Waals surface area (Å²) < 4.78 is 5.48. The van der Waals surface area contributed by atoms with Crippen LogP contribution in [0.5, 0.6) is 0 Å². The minimum absolute atomic E-state index is 0.172. The number of aromatic nitrogens is 4. The second kappa shape index (κ2) is 5.55. The maximum absolute atomic E-state index is 10.0. The van der Waals surface area contributed by atoms with Gasteiger partial charge in [-0.25, -0.2) is 4.98 Å². The molecule has 27 heavy (non-hydrogen) atoms. The maximum Gasteiger partial charge on any atom is 0.251 e. The molecule has 4 saturated carbocycles. The summed E-state index contributed by atoms with van der Waals surface area (Å²) in [5.74, 6) is 2.50. The Bertz CT molecular complexity index is 966. The van der Waals surface area contributed by atoms with E-state index in [4.69, 9.17) is 4.42 Å². The fourth-order valence-corrected chi connectivity index (χ4v) is 6.40. The van der Waals surface area contributed by atoms with E-state index in [1.54, 1.807) is 6.20 Å². The Balaban J connectivity index is 1.41. The van der Waals surface area contributed by atoms with Crippen LogP contribution in [0.3, 0.4) is 0 Å². The summed E-state index contributed by atoms with van der Waals surface area (Å²) in [6, 6.07) is 2.47. The van der Waals surface area contributed by atoms with Gasteiger partial charge in [0.15, 0.2) is 0 Å². The third-order valence-electron chi connectivity index (χ3n) is 7.22. The van der Waals surface area contributed by atoms with E-state index in [1.807, 2.05) is 6.20 Å². The largest absolute Gasteiger partial charge is 0.423 e. The molecular weight excluding hydrogens is 342 g/mol. The molecule has 3 N–H and O–H groups in total. The van der Waals surface area contributed by atoms with Gasteiger partial charge in [0.25, 0.3) is 5.89 Å². The number of aliphatic hydroxyl groups is 1. The van der Waals surface area contributed by atoms with Gasteiger partial charge in [-0.15, -0.1) is 10.2 Å². The highest BCUT2D eigenvalue weighted by Crippen LogP contribution is 2.60. The molecule has 4 fully saturated rings. The van der Waals surface area contributed by atoms with Gasteiger partial charge in [-0.3, -0.25) is 0 Å². The lowest BCUT2D eigenvalue weighted by molar-refractivity contribution is -0.0868. The Hall–Kier alpha value is -2.41. The first kappa shape index (κ1) is 15.6. The summed E-state index contributed by atoms with van der Waals surface area (Å²) in [5.41, 5.74) is 2.91. The highest BCUT2D eigenvalue weighted by molar-refractivity contribution is 5.97. The molecule has 0 aromatic carbocycles. The molecule has 0 aliphatic heterocycles. The number of rotatable bonds is 4. The molecule has 7 heteroatoms. The van der Waals surface area contributed by atoms with Gasteiger partial charge in [0.2, 0.25) is 6.39 Å². The van der Waals surface area contributed by atoms with E-state index in [0.717, 1.165) is 41.0 Å². The van der Waals surface area contributed by atoms with Gasteiger partial charge in [0.05, 0.1) is 11.3 Å². The summed E-state index contributed by atoms with van der Waals surface area (Å²) in [6.45, 7) is 0.341. The molecule has 0 amide bonds. The van der Waals surface area contributed by atoms with Gasteiger partial charge in [-0.1, -0.05) is 0 Å². The lowest BCUT2D eigenvalue weighted by Crippen LogP contribution is -2.57. The van der Waals surface area contributed by atoms with Crippen molar-refractivity contribution in [3.8, 4) is 11.5 Å². The number of nitrogens with one attached hydrogen (secondary N) is 2. The zero-order chi connectivity index (χ0) is 18.0. The van der Waals surface area contributed by atoms with Crippen molar-refractivity contribution in [2.45, 2.75) is 38.1 Å². The molecule has 5 atom stereocenters. The second-order valence-corrected chi connectivity index (χ2v) is 8.83. The van der Waals surface area contributed by atoms with Crippen LogP contribution in [0.1, 0.15) is 32.1 Å². The fourth-order valence-electron chi connectivity index (χ4n) is 6.40. The van der Waals surface area contributed by atoms with Gasteiger partial charge in [-0.05, 0) is 61.3 Å². The second-order valence-electron chi connectivity index (χ2n) is 8.83.